The number of ether oxygens (including phenoxy) is 2. The second kappa shape index (κ2) is 6.89. The number of rotatable bonds is 8. The zero-order chi connectivity index (χ0) is 15.2. The summed E-state index contributed by atoms with van der Waals surface area (Å²) in [6, 6.07) is 1.01. The standard InChI is InChI=1S/C11H14N2O7/c1-19-7-11(5-15,6-16)20-9(4-14)13-3-2-8(17)12-10(13)18/h2-5,9,16H,6-7H2,1H3,(H,12,17,18)/t9-,11+/m1/s1. The van der Waals surface area contributed by atoms with Gasteiger partial charge in [0.25, 0.3) is 5.56 Å². The molecule has 9 nitrogen and oxygen atoms in total. The van der Waals surface area contributed by atoms with Crippen LogP contribution >= 0.6 is 0 Å². The van der Waals surface area contributed by atoms with Crippen molar-refractivity contribution >= 4 is 12.6 Å². The second-order valence-corrected chi connectivity index (χ2v) is 3.94. The molecule has 1 aromatic heterocycles. The van der Waals surface area contributed by atoms with Crippen molar-refractivity contribution in [1.82, 2.24) is 9.55 Å². The van der Waals surface area contributed by atoms with E-state index >= 15 is 0 Å². The average molecular weight is 286 g/mol. The Balaban J connectivity index is 3.13. The number of nitrogens with one attached hydrogen (secondary N) is 1. The lowest BCUT2D eigenvalue weighted by Gasteiger charge is -2.28. The van der Waals surface area contributed by atoms with Crippen LogP contribution in [-0.2, 0) is 19.1 Å². The first-order valence-corrected chi connectivity index (χ1v) is 5.52. The molecule has 0 aliphatic rings. The number of methoxy groups -OCH3 is 1. The summed E-state index contributed by atoms with van der Waals surface area (Å²) in [7, 11) is 1.28. The van der Waals surface area contributed by atoms with Gasteiger partial charge in [0.05, 0.1) is 13.2 Å². The van der Waals surface area contributed by atoms with Gasteiger partial charge in [-0.2, -0.15) is 0 Å². The highest BCUT2D eigenvalue weighted by Gasteiger charge is 2.34. The van der Waals surface area contributed by atoms with E-state index in [9.17, 15) is 24.3 Å². The summed E-state index contributed by atoms with van der Waals surface area (Å²) in [4.78, 5) is 46.5. The molecule has 2 N–H and O–H groups in total. The van der Waals surface area contributed by atoms with E-state index in [1.54, 1.807) is 0 Å². The normalized spacial score (nSPS) is 15.3. The predicted octanol–water partition coefficient (Wildman–Crippen LogP) is -2.17. The van der Waals surface area contributed by atoms with Gasteiger partial charge in [-0.15, -0.1) is 0 Å². The predicted molar refractivity (Wildman–Crippen MR) is 65.3 cm³/mol. The van der Waals surface area contributed by atoms with Crippen molar-refractivity contribution in [3.05, 3.63) is 33.1 Å². The monoisotopic (exact) mass is 286 g/mol. The van der Waals surface area contributed by atoms with E-state index < -0.39 is 29.7 Å². The Morgan fingerprint density at radius 1 is 1.50 bits per heavy atom. The van der Waals surface area contributed by atoms with E-state index in [0.717, 1.165) is 16.8 Å². The maximum atomic E-state index is 11.5. The smallest absolute Gasteiger partial charge is 0.330 e. The van der Waals surface area contributed by atoms with Gasteiger partial charge in [0.1, 0.15) is 0 Å². The molecule has 0 amide bonds. The van der Waals surface area contributed by atoms with Crippen LogP contribution in [0.1, 0.15) is 6.23 Å². The fourth-order valence-electron chi connectivity index (χ4n) is 1.48. The van der Waals surface area contributed by atoms with Crippen LogP contribution in [0.4, 0.5) is 0 Å². The zero-order valence-corrected chi connectivity index (χ0v) is 10.6. The summed E-state index contributed by atoms with van der Waals surface area (Å²) in [6.45, 7) is -1.05. The quantitative estimate of drug-likeness (QED) is 0.520. The molecule has 0 aromatic carbocycles. The van der Waals surface area contributed by atoms with Gasteiger partial charge in [0.2, 0.25) is 0 Å². The molecular formula is C11H14N2O7. The van der Waals surface area contributed by atoms with Crippen LogP contribution in [0.15, 0.2) is 21.9 Å². The molecule has 0 radical (unpaired) electrons. The number of aldehydes is 2. The SMILES string of the molecule is COC[C@](C=O)(CO)O[C@H](C=O)n1ccc(=O)[nH]c1=O. The van der Waals surface area contributed by atoms with E-state index in [2.05, 4.69) is 0 Å². The molecule has 0 saturated heterocycles. The number of carbonyl (C=O) groups excluding carboxylic acids is 2. The van der Waals surface area contributed by atoms with Crippen LogP contribution in [0.3, 0.4) is 0 Å². The van der Waals surface area contributed by atoms with Gasteiger partial charge in [0.15, 0.2) is 24.4 Å². The van der Waals surface area contributed by atoms with Gasteiger partial charge in [0, 0.05) is 19.4 Å². The average Bonchev–Trinajstić information content (AvgIpc) is 2.44. The van der Waals surface area contributed by atoms with E-state index in [1.165, 1.54) is 7.11 Å². The van der Waals surface area contributed by atoms with Crippen LogP contribution in [0.2, 0.25) is 0 Å². The summed E-state index contributed by atoms with van der Waals surface area (Å²) in [5.74, 6) is 0. The van der Waals surface area contributed by atoms with Crippen LogP contribution in [0, 0.1) is 0 Å². The first-order chi connectivity index (χ1) is 9.51. The lowest BCUT2D eigenvalue weighted by atomic mass is 10.1. The Labute approximate surface area is 112 Å². The molecule has 0 aliphatic heterocycles. The fraction of sp³-hybridized carbons (Fsp3) is 0.455. The molecule has 20 heavy (non-hydrogen) atoms. The number of nitrogens with zero attached hydrogens (tertiary/aromatic N) is 1. The Morgan fingerprint density at radius 2 is 2.20 bits per heavy atom. The molecular weight excluding hydrogens is 272 g/mol. The number of aliphatic hydroxyl groups is 1. The van der Waals surface area contributed by atoms with E-state index in [4.69, 9.17) is 9.47 Å². The zero-order valence-electron chi connectivity index (χ0n) is 10.6. The fourth-order valence-corrected chi connectivity index (χ4v) is 1.48. The Bertz CT molecular complexity index is 579. The molecule has 0 fully saturated rings. The van der Waals surface area contributed by atoms with Crippen molar-refractivity contribution in [3.8, 4) is 0 Å². The number of hydrogen-bond acceptors (Lipinski definition) is 7. The van der Waals surface area contributed by atoms with Crippen molar-refractivity contribution in [3.63, 3.8) is 0 Å². The van der Waals surface area contributed by atoms with Gasteiger partial charge >= 0.3 is 5.69 Å². The molecule has 0 saturated carbocycles. The van der Waals surface area contributed by atoms with Crippen molar-refractivity contribution in [1.29, 1.82) is 0 Å². The summed E-state index contributed by atoms with van der Waals surface area (Å²) >= 11 is 0. The minimum atomic E-state index is -1.78. The van der Waals surface area contributed by atoms with Crippen LogP contribution in [0.25, 0.3) is 0 Å². The third kappa shape index (κ3) is 3.47. The highest BCUT2D eigenvalue weighted by molar-refractivity contribution is 5.64. The van der Waals surface area contributed by atoms with Crippen molar-refractivity contribution < 1.29 is 24.2 Å². The van der Waals surface area contributed by atoms with Crippen molar-refractivity contribution in [2.24, 2.45) is 0 Å². The van der Waals surface area contributed by atoms with Gasteiger partial charge in [-0.1, -0.05) is 0 Å². The molecule has 0 aliphatic carbocycles. The second-order valence-electron chi connectivity index (χ2n) is 3.94. The van der Waals surface area contributed by atoms with Crippen LogP contribution < -0.4 is 11.2 Å². The van der Waals surface area contributed by atoms with Gasteiger partial charge in [-0.05, 0) is 0 Å². The van der Waals surface area contributed by atoms with E-state index in [-0.39, 0.29) is 19.2 Å². The van der Waals surface area contributed by atoms with Gasteiger partial charge < -0.3 is 14.6 Å². The highest BCUT2D eigenvalue weighted by Crippen LogP contribution is 2.15. The van der Waals surface area contributed by atoms with Gasteiger partial charge in [-0.3, -0.25) is 23.9 Å². The first kappa shape index (κ1) is 16.0. The third-order valence-corrected chi connectivity index (χ3v) is 2.47. The Kier molecular flexibility index (Phi) is 5.50. The summed E-state index contributed by atoms with van der Waals surface area (Å²) < 4.78 is 10.7. The molecule has 0 bridgehead atoms. The Morgan fingerprint density at radius 3 is 2.65 bits per heavy atom. The number of aliphatic hydroxyl groups excluding tert-OH is 1. The van der Waals surface area contributed by atoms with Crippen LogP contribution in [0.5, 0.6) is 0 Å². The Hall–Kier alpha value is -2.10. The molecule has 110 valence electrons. The minimum absolute atomic E-state index is 0.253. The third-order valence-electron chi connectivity index (χ3n) is 2.47. The molecule has 0 unspecified atom stereocenters. The number of hydrogen-bond donors (Lipinski definition) is 2. The minimum Gasteiger partial charge on any atom is -0.393 e. The molecule has 1 heterocycles. The first-order valence-electron chi connectivity index (χ1n) is 5.52. The largest absolute Gasteiger partial charge is 0.393 e. The number of carbonyl (C=O) groups is 2. The maximum absolute atomic E-state index is 11.5. The van der Waals surface area contributed by atoms with Gasteiger partial charge in [-0.25, -0.2) is 4.79 Å². The molecule has 0 spiro atoms. The summed E-state index contributed by atoms with van der Waals surface area (Å²) in [5.41, 5.74) is -3.31. The van der Waals surface area contributed by atoms with E-state index in [0.29, 0.717) is 0 Å². The summed E-state index contributed by atoms with van der Waals surface area (Å²) in [5, 5.41) is 9.21. The molecule has 9 heteroatoms. The maximum Gasteiger partial charge on any atom is 0.330 e. The van der Waals surface area contributed by atoms with E-state index in [1.807, 2.05) is 4.98 Å². The molecule has 1 rings (SSSR count). The van der Waals surface area contributed by atoms with Crippen molar-refractivity contribution in [2.75, 3.05) is 20.3 Å². The molecule has 1 aromatic rings. The number of H-pyrrole nitrogens is 1. The lowest BCUT2D eigenvalue weighted by Crippen LogP contribution is -2.47. The highest BCUT2D eigenvalue weighted by atomic mass is 16.6. The lowest BCUT2D eigenvalue weighted by molar-refractivity contribution is -0.174. The number of aromatic amines is 1. The van der Waals surface area contributed by atoms with Crippen LogP contribution in [-0.4, -0.2) is 53.2 Å². The topological polar surface area (TPSA) is 128 Å². The molecule has 2 atom stereocenters. The van der Waals surface area contributed by atoms with Crippen molar-refractivity contribution in [2.45, 2.75) is 11.8 Å². The number of aromatic nitrogens is 2. The summed E-state index contributed by atoms with van der Waals surface area (Å²) in [6.07, 6.45) is 0.0827.